The highest BCUT2D eigenvalue weighted by Gasteiger charge is 2.28. The van der Waals surface area contributed by atoms with E-state index in [9.17, 15) is 8.78 Å². The molecule has 0 spiro atoms. The Morgan fingerprint density at radius 3 is 2.89 bits per heavy atom. The Hall–Kier alpha value is -2.67. The number of aryl methyl sites for hydroxylation is 1. The minimum Gasteiger partial charge on any atom is -0.343 e. The van der Waals surface area contributed by atoms with Crippen molar-refractivity contribution in [1.82, 2.24) is 24.8 Å². The predicted molar refractivity (Wildman–Crippen MR) is 97.7 cm³/mol. The smallest absolute Gasteiger partial charge is 0.156 e. The molecule has 2 aromatic heterocycles. The van der Waals surface area contributed by atoms with E-state index in [4.69, 9.17) is 4.98 Å². The van der Waals surface area contributed by atoms with Gasteiger partial charge in [0.1, 0.15) is 23.2 Å². The maximum absolute atomic E-state index is 14.1. The average Bonchev–Trinajstić information content (AvgIpc) is 3.19. The van der Waals surface area contributed by atoms with E-state index in [1.54, 1.807) is 12.4 Å². The molecule has 1 aliphatic heterocycles. The number of imidazole rings is 1. The lowest BCUT2D eigenvalue weighted by atomic mass is 10.00. The van der Waals surface area contributed by atoms with Gasteiger partial charge in [-0.2, -0.15) is 0 Å². The summed E-state index contributed by atoms with van der Waals surface area (Å²) in [4.78, 5) is 18.8. The van der Waals surface area contributed by atoms with Gasteiger partial charge in [0.05, 0.1) is 6.04 Å². The number of halogens is 2. The van der Waals surface area contributed by atoms with Gasteiger partial charge in [-0.3, -0.25) is 4.90 Å². The highest BCUT2D eigenvalue weighted by molar-refractivity contribution is 5.49. The molecule has 1 fully saturated rings. The fourth-order valence-electron chi connectivity index (χ4n) is 3.62. The first-order chi connectivity index (χ1) is 13.1. The molecule has 0 amide bonds. The molecule has 0 unspecified atom stereocenters. The summed E-state index contributed by atoms with van der Waals surface area (Å²) in [6, 6.07) is 5.46. The molecule has 7 heteroatoms. The van der Waals surface area contributed by atoms with Gasteiger partial charge in [0, 0.05) is 30.2 Å². The van der Waals surface area contributed by atoms with Gasteiger partial charge >= 0.3 is 0 Å². The molecule has 0 aliphatic carbocycles. The van der Waals surface area contributed by atoms with Gasteiger partial charge in [-0.05, 0) is 50.6 Å². The van der Waals surface area contributed by atoms with Gasteiger partial charge in [-0.15, -0.1) is 0 Å². The van der Waals surface area contributed by atoms with E-state index < -0.39 is 5.82 Å². The largest absolute Gasteiger partial charge is 0.343 e. The van der Waals surface area contributed by atoms with E-state index in [1.807, 2.05) is 13.0 Å². The van der Waals surface area contributed by atoms with E-state index in [1.165, 1.54) is 12.1 Å². The summed E-state index contributed by atoms with van der Waals surface area (Å²) in [5.74, 6) is 0.590. The van der Waals surface area contributed by atoms with Crippen LogP contribution in [0.4, 0.5) is 8.78 Å². The Morgan fingerprint density at radius 1 is 1.19 bits per heavy atom. The molecule has 27 heavy (non-hydrogen) atoms. The molecule has 140 valence electrons. The molecule has 1 atom stereocenters. The summed E-state index contributed by atoms with van der Waals surface area (Å²) in [5, 5.41) is 0. The molecule has 4 rings (SSSR count). The van der Waals surface area contributed by atoms with E-state index in [0.717, 1.165) is 43.3 Å². The third-order valence-electron chi connectivity index (χ3n) is 4.91. The summed E-state index contributed by atoms with van der Waals surface area (Å²) in [6.45, 7) is 3.06. The topological polar surface area (TPSA) is 57.7 Å². The molecule has 5 nitrogen and oxygen atoms in total. The summed E-state index contributed by atoms with van der Waals surface area (Å²) < 4.78 is 27.7. The van der Waals surface area contributed by atoms with Crippen molar-refractivity contribution in [3.05, 3.63) is 65.4 Å². The van der Waals surface area contributed by atoms with Crippen molar-refractivity contribution in [2.75, 3.05) is 6.54 Å². The number of nitrogens with zero attached hydrogens (tertiary/aromatic N) is 4. The second-order valence-corrected chi connectivity index (χ2v) is 6.91. The fourth-order valence-corrected chi connectivity index (χ4v) is 3.62. The Bertz CT molecular complexity index is 926. The Kier molecular flexibility index (Phi) is 4.94. The van der Waals surface area contributed by atoms with Crippen LogP contribution in [0.15, 0.2) is 36.7 Å². The number of rotatable bonds is 4. The molecule has 3 aromatic rings. The quantitative estimate of drug-likeness (QED) is 0.750. The first kappa shape index (κ1) is 17.7. The molecule has 0 radical (unpaired) electrons. The highest BCUT2D eigenvalue weighted by atomic mass is 19.1. The standard InChI is InChI=1S/C20H21F2N5/c1-13-10-17(19-23-7-8-24-19)26-20(25-13)18-4-2-3-9-27(18)12-14-11-15(21)5-6-16(14)22/h5-8,10-11,18H,2-4,9,12H2,1H3,(H,23,24)/t18-/m0/s1. The monoisotopic (exact) mass is 369 g/mol. The van der Waals surface area contributed by atoms with Crippen LogP contribution >= 0.6 is 0 Å². The van der Waals surface area contributed by atoms with Crippen LogP contribution in [0.25, 0.3) is 11.5 Å². The van der Waals surface area contributed by atoms with Crippen molar-refractivity contribution in [2.45, 2.75) is 38.8 Å². The van der Waals surface area contributed by atoms with Crippen LogP contribution in [0.1, 0.15) is 42.4 Å². The number of aromatic nitrogens is 4. The van der Waals surface area contributed by atoms with Gasteiger partial charge in [-0.1, -0.05) is 6.42 Å². The second kappa shape index (κ2) is 7.52. The van der Waals surface area contributed by atoms with Crippen LogP contribution < -0.4 is 0 Å². The summed E-state index contributed by atoms with van der Waals surface area (Å²) in [7, 11) is 0. The van der Waals surface area contributed by atoms with Crippen molar-refractivity contribution >= 4 is 0 Å². The molecule has 1 saturated heterocycles. The van der Waals surface area contributed by atoms with Crippen molar-refractivity contribution in [2.24, 2.45) is 0 Å². The maximum Gasteiger partial charge on any atom is 0.156 e. The second-order valence-electron chi connectivity index (χ2n) is 6.91. The minimum atomic E-state index is -0.424. The predicted octanol–water partition coefficient (Wildman–Crippen LogP) is 4.18. The van der Waals surface area contributed by atoms with Crippen molar-refractivity contribution < 1.29 is 8.78 Å². The first-order valence-corrected chi connectivity index (χ1v) is 9.13. The van der Waals surface area contributed by atoms with Crippen LogP contribution in [0.5, 0.6) is 0 Å². The summed E-state index contributed by atoms with van der Waals surface area (Å²) in [6.07, 6.45) is 6.40. The van der Waals surface area contributed by atoms with Gasteiger partial charge in [0.25, 0.3) is 0 Å². The third-order valence-corrected chi connectivity index (χ3v) is 4.91. The molecule has 1 aromatic carbocycles. The van der Waals surface area contributed by atoms with Crippen LogP contribution in [-0.4, -0.2) is 31.4 Å². The van der Waals surface area contributed by atoms with E-state index >= 15 is 0 Å². The van der Waals surface area contributed by atoms with Gasteiger partial charge < -0.3 is 4.98 Å². The number of aromatic amines is 1. The molecule has 1 N–H and O–H groups in total. The zero-order chi connectivity index (χ0) is 18.8. The number of hydrogen-bond acceptors (Lipinski definition) is 4. The number of benzene rings is 1. The fraction of sp³-hybridized carbons (Fsp3) is 0.350. The lowest BCUT2D eigenvalue weighted by Crippen LogP contribution is -2.34. The number of hydrogen-bond donors (Lipinski definition) is 1. The van der Waals surface area contributed by atoms with Crippen LogP contribution in [-0.2, 0) is 6.54 Å². The first-order valence-electron chi connectivity index (χ1n) is 9.13. The van der Waals surface area contributed by atoms with Gasteiger partial charge in [0.15, 0.2) is 5.82 Å². The van der Waals surface area contributed by atoms with E-state index in [2.05, 4.69) is 19.9 Å². The van der Waals surface area contributed by atoms with Crippen LogP contribution in [0, 0.1) is 18.6 Å². The van der Waals surface area contributed by atoms with Gasteiger partial charge in [-0.25, -0.2) is 23.7 Å². The van der Waals surface area contributed by atoms with Crippen LogP contribution in [0.3, 0.4) is 0 Å². The molecule has 1 aliphatic rings. The Labute approximate surface area is 156 Å². The highest BCUT2D eigenvalue weighted by Crippen LogP contribution is 2.31. The lowest BCUT2D eigenvalue weighted by molar-refractivity contribution is 0.132. The van der Waals surface area contributed by atoms with Crippen molar-refractivity contribution in [1.29, 1.82) is 0 Å². The SMILES string of the molecule is Cc1cc(-c2ncc[nH]2)nc([C@@H]2CCCCN2Cc2cc(F)ccc2F)n1. The number of likely N-dealkylation sites (tertiary alicyclic amines) is 1. The zero-order valence-corrected chi connectivity index (χ0v) is 15.1. The number of H-pyrrole nitrogens is 1. The maximum atomic E-state index is 14.1. The molecule has 3 heterocycles. The molecular formula is C20H21F2N5. The number of nitrogens with one attached hydrogen (secondary N) is 1. The van der Waals surface area contributed by atoms with Crippen molar-refractivity contribution in [3.63, 3.8) is 0 Å². The van der Waals surface area contributed by atoms with E-state index in [-0.39, 0.29) is 11.9 Å². The lowest BCUT2D eigenvalue weighted by Gasteiger charge is -2.35. The molecule has 0 bridgehead atoms. The average molecular weight is 369 g/mol. The Balaban J connectivity index is 1.65. The zero-order valence-electron chi connectivity index (χ0n) is 15.1. The summed E-state index contributed by atoms with van der Waals surface area (Å²) >= 11 is 0. The number of piperidine rings is 1. The summed E-state index contributed by atoms with van der Waals surface area (Å²) in [5.41, 5.74) is 1.96. The van der Waals surface area contributed by atoms with Crippen molar-refractivity contribution in [3.8, 4) is 11.5 Å². The third kappa shape index (κ3) is 3.88. The normalized spacial score (nSPS) is 18.0. The van der Waals surface area contributed by atoms with E-state index in [0.29, 0.717) is 23.8 Å². The Morgan fingerprint density at radius 2 is 2.07 bits per heavy atom. The minimum absolute atomic E-state index is 0.0324. The molecule has 0 saturated carbocycles. The van der Waals surface area contributed by atoms with Gasteiger partial charge in [0.2, 0.25) is 0 Å². The van der Waals surface area contributed by atoms with Crippen LogP contribution in [0.2, 0.25) is 0 Å². The molecular weight excluding hydrogens is 348 g/mol.